The van der Waals surface area contributed by atoms with Gasteiger partial charge in [-0.3, -0.25) is 14.5 Å². The van der Waals surface area contributed by atoms with Crippen LogP contribution >= 0.6 is 24.4 Å². The van der Waals surface area contributed by atoms with Crippen molar-refractivity contribution >= 4 is 52.8 Å². The molecular weight excluding hydrogens is 337 g/mol. The number of carbonyl (C=O) groups is 2. The summed E-state index contributed by atoms with van der Waals surface area (Å²) in [6.07, 6.45) is 1.20. The number of amides is 2. The minimum absolute atomic E-state index is 0.00692. The molecule has 1 aromatic carbocycles. The number of nitrogens with one attached hydrogen (secondary N) is 1. The monoisotopic (exact) mass is 355 g/mol. The number of thiocarbonyl (C=S) groups is 2. The van der Waals surface area contributed by atoms with Crippen molar-refractivity contribution in [1.29, 1.82) is 0 Å². The second-order valence-electron chi connectivity index (χ2n) is 4.84. The lowest BCUT2D eigenvalue weighted by molar-refractivity contribution is -0.129. The molecule has 124 valence electrons. The van der Waals surface area contributed by atoms with Gasteiger partial charge in [-0.2, -0.15) is 0 Å². The van der Waals surface area contributed by atoms with Crippen molar-refractivity contribution < 1.29 is 14.0 Å². The Morgan fingerprint density at radius 2 is 2.17 bits per heavy atom. The van der Waals surface area contributed by atoms with Gasteiger partial charge in [-0.25, -0.2) is 4.39 Å². The van der Waals surface area contributed by atoms with Crippen LogP contribution in [0.4, 0.5) is 10.1 Å². The minimum atomic E-state index is -0.841. The second kappa shape index (κ2) is 8.64. The SMILES string of the molecule is CNC(=O)C(CCC=S)N(C=O)C(=S)c1c(C)ccc(F)c1N. The van der Waals surface area contributed by atoms with Crippen molar-refractivity contribution in [3.8, 4) is 0 Å². The first-order valence-corrected chi connectivity index (χ1v) is 7.74. The van der Waals surface area contributed by atoms with Crippen LogP contribution in [0.15, 0.2) is 12.1 Å². The van der Waals surface area contributed by atoms with Crippen molar-refractivity contribution in [2.24, 2.45) is 0 Å². The maximum Gasteiger partial charge on any atom is 0.242 e. The number of benzene rings is 1. The third-order valence-corrected chi connectivity index (χ3v) is 4.06. The van der Waals surface area contributed by atoms with Crippen LogP contribution < -0.4 is 11.1 Å². The predicted molar refractivity (Wildman–Crippen MR) is 95.9 cm³/mol. The molecule has 0 bridgehead atoms. The highest BCUT2D eigenvalue weighted by Crippen LogP contribution is 2.24. The maximum atomic E-state index is 13.7. The molecule has 1 atom stereocenters. The van der Waals surface area contributed by atoms with E-state index in [4.69, 9.17) is 30.2 Å². The van der Waals surface area contributed by atoms with Crippen LogP contribution in [0.3, 0.4) is 0 Å². The summed E-state index contributed by atoms with van der Waals surface area (Å²) in [5.74, 6) is -1.02. The van der Waals surface area contributed by atoms with Crippen molar-refractivity contribution in [2.45, 2.75) is 25.8 Å². The highest BCUT2D eigenvalue weighted by atomic mass is 32.1. The summed E-state index contributed by atoms with van der Waals surface area (Å²) >= 11 is 10.1. The predicted octanol–water partition coefficient (Wildman–Crippen LogP) is 1.74. The van der Waals surface area contributed by atoms with E-state index in [1.165, 1.54) is 24.5 Å². The first kappa shape index (κ1) is 19.1. The largest absolute Gasteiger partial charge is 0.396 e. The molecule has 0 fully saturated rings. The lowest BCUT2D eigenvalue weighted by atomic mass is 10.0. The third-order valence-electron chi connectivity index (χ3n) is 3.41. The van der Waals surface area contributed by atoms with E-state index in [0.717, 1.165) is 4.90 Å². The van der Waals surface area contributed by atoms with Gasteiger partial charge in [0.15, 0.2) is 0 Å². The first-order valence-electron chi connectivity index (χ1n) is 6.86. The van der Waals surface area contributed by atoms with E-state index >= 15 is 0 Å². The smallest absolute Gasteiger partial charge is 0.242 e. The zero-order valence-electron chi connectivity index (χ0n) is 12.8. The number of nitrogens with zero attached hydrogens (tertiary/aromatic N) is 1. The number of aryl methyl sites for hydroxylation is 1. The molecule has 0 aliphatic heterocycles. The Labute approximate surface area is 145 Å². The quantitative estimate of drug-likeness (QED) is 0.443. The topological polar surface area (TPSA) is 75.4 Å². The molecule has 0 saturated heterocycles. The normalized spacial score (nSPS) is 11.4. The lowest BCUT2D eigenvalue weighted by Crippen LogP contribution is -2.48. The number of halogens is 1. The van der Waals surface area contributed by atoms with Gasteiger partial charge in [-0.1, -0.05) is 30.5 Å². The van der Waals surface area contributed by atoms with E-state index in [1.54, 1.807) is 6.92 Å². The Balaban J connectivity index is 3.29. The van der Waals surface area contributed by atoms with E-state index in [0.29, 0.717) is 24.8 Å². The number of hydrogen-bond acceptors (Lipinski definition) is 5. The van der Waals surface area contributed by atoms with Crippen molar-refractivity contribution in [1.82, 2.24) is 10.2 Å². The van der Waals surface area contributed by atoms with Crippen LogP contribution in [0.5, 0.6) is 0 Å². The van der Waals surface area contributed by atoms with Gasteiger partial charge in [-0.15, -0.1) is 0 Å². The number of likely N-dealkylation sites (N-methyl/N-ethyl adjacent to an activating group) is 1. The van der Waals surface area contributed by atoms with E-state index < -0.39 is 11.9 Å². The van der Waals surface area contributed by atoms with Crippen LogP contribution in [0.2, 0.25) is 0 Å². The molecule has 0 saturated carbocycles. The van der Waals surface area contributed by atoms with Gasteiger partial charge in [0, 0.05) is 12.6 Å². The molecule has 0 aliphatic carbocycles. The Morgan fingerprint density at radius 1 is 1.52 bits per heavy atom. The average molecular weight is 355 g/mol. The summed E-state index contributed by atoms with van der Waals surface area (Å²) in [7, 11) is 1.46. The molecule has 2 amide bonds. The van der Waals surface area contributed by atoms with Crippen molar-refractivity contribution in [3.63, 3.8) is 0 Å². The van der Waals surface area contributed by atoms with Gasteiger partial charge in [0.1, 0.15) is 16.8 Å². The summed E-state index contributed by atoms with van der Waals surface area (Å²) in [6.45, 7) is 1.70. The Hall–Kier alpha value is -1.93. The average Bonchev–Trinajstić information content (AvgIpc) is 2.54. The molecule has 23 heavy (non-hydrogen) atoms. The van der Waals surface area contributed by atoms with Crippen LogP contribution in [-0.4, -0.2) is 40.7 Å². The van der Waals surface area contributed by atoms with Crippen molar-refractivity contribution in [2.75, 3.05) is 12.8 Å². The van der Waals surface area contributed by atoms with Crippen LogP contribution in [-0.2, 0) is 9.59 Å². The van der Waals surface area contributed by atoms with Crippen LogP contribution in [0.25, 0.3) is 0 Å². The third kappa shape index (κ3) is 4.29. The molecule has 5 nitrogen and oxygen atoms in total. The zero-order valence-corrected chi connectivity index (χ0v) is 14.5. The molecule has 1 unspecified atom stereocenters. The van der Waals surface area contributed by atoms with E-state index in [1.807, 2.05) is 0 Å². The van der Waals surface area contributed by atoms with Gasteiger partial charge in [0.25, 0.3) is 0 Å². The molecule has 0 spiro atoms. The van der Waals surface area contributed by atoms with Crippen molar-refractivity contribution in [3.05, 3.63) is 29.1 Å². The number of carbonyl (C=O) groups excluding carboxylic acids is 2. The number of nitrogens with two attached hydrogens (primary N) is 1. The summed E-state index contributed by atoms with van der Waals surface area (Å²) in [4.78, 5) is 24.7. The molecule has 0 radical (unpaired) electrons. The summed E-state index contributed by atoms with van der Waals surface area (Å²) < 4.78 is 13.7. The summed E-state index contributed by atoms with van der Waals surface area (Å²) in [5, 5.41) is 3.96. The molecule has 0 aliphatic rings. The minimum Gasteiger partial charge on any atom is -0.396 e. The standard InChI is InChI=1S/C15H18FN3O2S2/c1-9-5-6-10(16)13(17)12(9)15(23)19(8-20)11(4-3-7-22)14(21)18-2/h5-8,11H,3-4,17H2,1-2H3,(H,18,21). The lowest BCUT2D eigenvalue weighted by Gasteiger charge is -2.28. The fraction of sp³-hybridized carbons (Fsp3) is 0.333. The molecular formula is C15H18FN3O2S2. The molecule has 0 aromatic heterocycles. The van der Waals surface area contributed by atoms with E-state index in [2.05, 4.69) is 5.32 Å². The van der Waals surface area contributed by atoms with Gasteiger partial charge >= 0.3 is 0 Å². The number of anilines is 1. The van der Waals surface area contributed by atoms with Gasteiger partial charge in [-0.05, 0) is 36.8 Å². The van der Waals surface area contributed by atoms with Gasteiger partial charge < -0.3 is 11.1 Å². The molecule has 1 rings (SSSR count). The fourth-order valence-electron chi connectivity index (χ4n) is 2.17. The second-order valence-corrected chi connectivity index (χ2v) is 5.56. The Kier molecular flexibility index (Phi) is 7.18. The van der Waals surface area contributed by atoms with Crippen LogP contribution in [0, 0.1) is 12.7 Å². The van der Waals surface area contributed by atoms with Gasteiger partial charge in [0.2, 0.25) is 12.3 Å². The highest BCUT2D eigenvalue weighted by Gasteiger charge is 2.29. The summed E-state index contributed by atoms with van der Waals surface area (Å²) in [5.41, 5.74) is 6.47. The van der Waals surface area contributed by atoms with E-state index in [-0.39, 0.29) is 22.1 Å². The molecule has 8 heteroatoms. The molecule has 3 N–H and O–H groups in total. The first-order chi connectivity index (χ1) is 10.9. The highest BCUT2D eigenvalue weighted by molar-refractivity contribution is 7.80. The number of hydrogen-bond donors (Lipinski definition) is 2. The summed E-state index contributed by atoms with van der Waals surface area (Å²) in [6, 6.07) is 1.90. The Bertz CT molecular complexity index is 637. The molecule has 0 heterocycles. The Morgan fingerprint density at radius 3 is 2.70 bits per heavy atom. The number of rotatable bonds is 7. The zero-order chi connectivity index (χ0) is 17.6. The fourth-order valence-corrected chi connectivity index (χ4v) is 2.75. The van der Waals surface area contributed by atoms with E-state index in [9.17, 15) is 14.0 Å². The van der Waals surface area contributed by atoms with Crippen LogP contribution in [0.1, 0.15) is 24.0 Å². The maximum absolute atomic E-state index is 13.7. The van der Waals surface area contributed by atoms with Gasteiger partial charge in [0.05, 0.1) is 5.69 Å². The number of nitrogen functional groups attached to an aromatic ring is 1. The molecule has 1 aromatic rings.